The van der Waals surface area contributed by atoms with Crippen molar-refractivity contribution in [1.29, 1.82) is 0 Å². The van der Waals surface area contributed by atoms with E-state index < -0.39 is 0 Å². The van der Waals surface area contributed by atoms with Gasteiger partial charge in [0.15, 0.2) is 16.7 Å². The Labute approximate surface area is 201 Å². The summed E-state index contributed by atoms with van der Waals surface area (Å²) in [6.07, 6.45) is 3.29. The zero-order valence-corrected chi connectivity index (χ0v) is 20.0. The number of aryl methyl sites for hydroxylation is 1. The fraction of sp³-hybridized carbons (Fsp3) is 0.150. The van der Waals surface area contributed by atoms with Gasteiger partial charge in [-0.05, 0) is 31.2 Å². The minimum atomic E-state index is 0. The number of halogens is 3. The molecule has 4 rings (SSSR count). The maximum atomic E-state index is 6.49. The molecule has 0 fully saturated rings. The zero-order valence-electron chi connectivity index (χ0n) is 16.8. The van der Waals surface area contributed by atoms with Crippen molar-refractivity contribution < 1.29 is 9.47 Å². The van der Waals surface area contributed by atoms with Gasteiger partial charge in [-0.1, -0.05) is 23.4 Å². The third kappa shape index (κ3) is 5.46. The van der Waals surface area contributed by atoms with E-state index in [1.165, 1.54) is 18.1 Å². The smallest absolute Gasteiger partial charge is 0.170 e. The van der Waals surface area contributed by atoms with Crippen LogP contribution in [0.1, 0.15) is 5.69 Å². The van der Waals surface area contributed by atoms with Crippen LogP contribution < -0.4 is 14.8 Å². The second kappa shape index (κ2) is 10.8. The van der Waals surface area contributed by atoms with Gasteiger partial charge < -0.3 is 19.8 Å². The Bertz CT molecular complexity index is 1190. The van der Waals surface area contributed by atoms with Crippen molar-refractivity contribution in [2.45, 2.75) is 17.0 Å². The van der Waals surface area contributed by atoms with Crippen molar-refractivity contribution in [1.82, 2.24) is 19.9 Å². The molecular weight excluding hydrogens is 481 g/mol. The van der Waals surface area contributed by atoms with Gasteiger partial charge in [0.1, 0.15) is 12.1 Å². The molecule has 0 bridgehead atoms. The highest BCUT2D eigenvalue weighted by atomic mass is 35.5. The Hall–Kier alpha value is -2.39. The molecule has 0 saturated heterocycles. The molecule has 0 saturated carbocycles. The number of nitrogens with zero attached hydrogens (tertiary/aromatic N) is 3. The van der Waals surface area contributed by atoms with E-state index in [-0.39, 0.29) is 24.8 Å². The van der Waals surface area contributed by atoms with Crippen LogP contribution in [0.4, 0.5) is 11.5 Å². The number of nitrogens with one attached hydrogen (secondary N) is 2. The van der Waals surface area contributed by atoms with Crippen molar-refractivity contribution in [2.75, 3.05) is 19.5 Å². The molecule has 0 unspecified atom stereocenters. The quantitative estimate of drug-likeness (QED) is 0.332. The summed E-state index contributed by atoms with van der Waals surface area (Å²) in [5.74, 6) is 1.87. The van der Waals surface area contributed by atoms with Crippen LogP contribution in [-0.4, -0.2) is 34.2 Å². The van der Waals surface area contributed by atoms with E-state index in [2.05, 4.69) is 25.3 Å². The second-order valence-corrected chi connectivity index (χ2v) is 7.63. The fourth-order valence-electron chi connectivity index (χ4n) is 2.83. The number of rotatable bonds is 6. The molecule has 7 nitrogen and oxygen atoms in total. The summed E-state index contributed by atoms with van der Waals surface area (Å²) >= 11 is 7.97. The van der Waals surface area contributed by atoms with Crippen LogP contribution in [0.3, 0.4) is 0 Å². The first kappa shape index (κ1) is 24.9. The van der Waals surface area contributed by atoms with Crippen LogP contribution in [-0.2, 0) is 0 Å². The van der Waals surface area contributed by atoms with E-state index in [0.717, 1.165) is 32.3 Å². The van der Waals surface area contributed by atoms with Gasteiger partial charge >= 0.3 is 0 Å². The lowest BCUT2D eigenvalue weighted by atomic mass is 10.2. The number of fused-ring (bicyclic) bond motifs is 1. The molecule has 0 amide bonds. The first-order valence-electron chi connectivity index (χ1n) is 8.70. The highest BCUT2D eigenvalue weighted by Gasteiger charge is 2.12. The lowest BCUT2D eigenvalue weighted by molar-refractivity contribution is 0.356. The molecule has 2 N–H and O–H groups in total. The van der Waals surface area contributed by atoms with Gasteiger partial charge in [0.25, 0.3) is 0 Å². The molecule has 2 heterocycles. The van der Waals surface area contributed by atoms with Crippen LogP contribution in [0.15, 0.2) is 52.9 Å². The molecule has 4 aromatic rings. The van der Waals surface area contributed by atoms with Crippen LogP contribution in [0.25, 0.3) is 10.9 Å². The number of aromatic nitrogens is 4. The minimum absolute atomic E-state index is 0. The van der Waals surface area contributed by atoms with E-state index in [1.54, 1.807) is 20.4 Å². The van der Waals surface area contributed by atoms with Crippen LogP contribution >= 0.6 is 48.2 Å². The lowest BCUT2D eigenvalue weighted by Crippen LogP contribution is -1.98. The minimum Gasteiger partial charge on any atom is -0.493 e. The van der Waals surface area contributed by atoms with Crippen molar-refractivity contribution in [3.8, 4) is 11.5 Å². The number of hydrogen-bond donors (Lipinski definition) is 2. The van der Waals surface area contributed by atoms with Crippen molar-refractivity contribution in [2.24, 2.45) is 0 Å². The molecule has 2 aromatic heterocycles. The van der Waals surface area contributed by atoms with Crippen LogP contribution in [0.2, 0.25) is 5.02 Å². The molecule has 0 aliphatic rings. The maximum Gasteiger partial charge on any atom is 0.170 e. The summed E-state index contributed by atoms with van der Waals surface area (Å²) in [5, 5.41) is 5.53. The summed E-state index contributed by atoms with van der Waals surface area (Å²) in [6, 6.07) is 9.41. The maximum absolute atomic E-state index is 6.49. The summed E-state index contributed by atoms with van der Waals surface area (Å²) < 4.78 is 10.8. The number of hydrogen-bond acceptors (Lipinski definition) is 7. The highest BCUT2D eigenvalue weighted by Crippen LogP contribution is 2.36. The average Bonchev–Trinajstić information content (AvgIpc) is 3.14. The van der Waals surface area contributed by atoms with Gasteiger partial charge in [-0.2, -0.15) is 0 Å². The van der Waals surface area contributed by atoms with E-state index in [9.17, 15) is 0 Å². The lowest BCUT2D eigenvalue weighted by Gasteiger charge is -2.12. The number of benzene rings is 2. The molecule has 2 aromatic carbocycles. The highest BCUT2D eigenvalue weighted by molar-refractivity contribution is 7.99. The summed E-state index contributed by atoms with van der Waals surface area (Å²) in [4.78, 5) is 17.1. The van der Waals surface area contributed by atoms with Crippen molar-refractivity contribution in [3.63, 3.8) is 0 Å². The fourth-order valence-corrected chi connectivity index (χ4v) is 3.94. The summed E-state index contributed by atoms with van der Waals surface area (Å²) in [5.41, 5.74) is 2.56. The predicted octanol–water partition coefficient (Wildman–Crippen LogP) is 6.07. The Morgan fingerprint density at radius 1 is 1.00 bits per heavy atom. The van der Waals surface area contributed by atoms with Gasteiger partial charge in [0.2, 0.25) is 0 Å². The first-order chi connectivity index (χ1) is 14.1. The van der Waals surface area contributed by atoms with Crippen LogP contribution in [0.5, 0.6) is 11.5 Å². The summed E-state index contributed by atoms with van der Waals surface area (Å²) in [7, 11) is 3.19. The van der Waals surface area contributed by atoms with Gasteiger partial charge in [-0.3, -0.25) is 0 Å². The van der Waals surface area contributed by atoms with Gasteiger partial charge in [-0.15, -0.1) is 24.8 Å². The largest absolute Gasteiger partial charge is 0.493 e. The molecule has 0 spiro atoms. The first-order valence-corrected chi connectivity index (χ1v) is 9.89. The molecule has 0 aliphatic carbocycles. The van der Waals surface area contributed by atoms with Crippen molar-refractivity contribution >= 4 is 70.6 Å². The van der Waals surface area contributed by atoms with E-state index >= 15 is 0 Å². The van der Waals surface area contributed by atoms with Gasteiger partial charge in [0, 0.05) is 33.9 Å². The average molecular weight is 501 g/mol. The monoisotopic (exact) mass is 499 g/mol. The number of H-pyrrole nitrogens is 1. The molecule has 0 atom stereocenters. The normalized spacial score (nSPS) is 10.2. The van der Waals surface area contributed by atoms with E-state index in [0.29, 0.717) is 22.3 Å². The SMILES string of the molecule is COc1cc2ncnc(Nc3ccc(Sc4ncc(C)[nH]4)c(Cl)c3)c2cc1OC.Cl.Cl. The predicted molar refractivity (Wildman–Crippen MR) is 129 cm³/mol. The Kier molecular flexibility index (Phi) is 8.64. The van der Waals surface area contributed by atoms with E-state index in [4.69, 9.17) is 21.1 Å². The Morgan fingerprint density at radius 3 is 2.39 bits per heavy atom. The number of imidazole rings is 1. The van der Waals surface area contributed by atoms with Gasteiger partial charge in [-0.25, -0.2) is 15.0 Å². The van der Waals surface area contributed by atoms with Gasteiger partial charge in [0.05, 0.1) is 24.8 Å². The van der Waals surface area contributed by atoms with Crippen molar-refractivity contribution in [3.05, 3.63) is 53.6 Å². The molecule has 0 radical (unpaired) electrons. The molecule has 31 heavy (non-hydrogen) atoms. The molecule has 0 aliphatic heterocycles. The molecule has 11 heteroatoms. The second-order valence-electron chi connectivity index (χ2n) is 6.19. The Morgan fingerprint density at radius 2 is 1.74 bits per heavy atom. The number of ether oxygens (including phenoxy) is 2. The molecular formula is C20H20Cl3N5O2S. The standard InChI is InChI=1S/C20H18ClN5O2S.2ClH/c1-11-9-22-20(25-11)29-18-5-4-12(6-14(18)21)26-19-13-7-16(27-2)17(28-3)8-15(13)23-10-24-19;;/h4-10H,1-3H3,(H,22,25)(H,23,24,26);2*1H. The zero-order chi connectivity index (χ0) is 20.4. The number of methoxy groups -OCH3 is 2. The third-order valence-corrected chi connectivity index (χ3v) is 5.62. The number of aromatic amines is 1. The Balaban J connectivity index is 0.00000171. The molecule has 164 valence electrons. The summed E-state index contributed by atoms with van der Waals surface area (Å²) in [6.45, 7) is 1.96. The number of anilines is 2. The van der Waals surface area contributed by atoms with E-state index in [1.807, 2.05) is 37.3 Å². The van der Waals surface area contributed by atoms with Crippen LogP contribution in [0, 0.1) is 6.92 Å². The topological polar surface area (TPSA) is 85.0 Å². The third-order valence-electron chi connectivity index (χ3n) is 4.22.